The Morgan fingerprint density at radius 2 is 2.27 bits per heavy atom. The normalized spacial score (nSPS) is 11.5. The number of nitrogens with zero attached hydrogens (tertiary/aromatic N) is 3. The van der Waals surface area contributed by atoms with Crippen LogP contribution in [-0.4, -0.2) is 25.6 Å². The van der Waals surface area contributed by atoms with Crippen molar-refractivity contribution >= 4 is 29.0 Å². The van der Waals surface area contributed by atoms with E-state index in [1.165, 1.54) is 0 Å². The molecule has 0 amide bonds. The van der Waals surface area contributed by atoms with Crippen molar-refractivity contribution in [3.8, 4) is 0 Å². The van der Waals surface area contributed by atoms with Crippen LogP contribution in [0.3, 0.4) is 0 Å². The van der Waals surface area contributed by atoms with Gasteiger partial charge >= 0.3 is 5.97 Å². The fourth-order valence-corrected chi connectivity index (χ4v) is 2.74. The van der Waals surface area contributed by atoms with E-state index < -0.39 is 5.97 Å². The highest BCUT2D eigenvalue weighted by molar-refractivity contribution is 7.10. The minimum absolute atomic E-state index is 0.273. The summed E-state index contributed by atoms with van der Waals surface area (Å²) in [6.07, 6.45) is 9.08. The van der Waals surface area contributed by atoms with E-state index in [2.05, 4.69) is 9.97 Å². The first-order chi connectivity index (χ1) is 10.7. The molecule has 1 aromatic carbocycles. The molecule has 5 nitrogen and oxygen atoms in total. The maximum absolute atomic E-state index is 11.1. The Morgan fingerprint density at radius 3 is 2.95 bits per heavy atom. The molecule has 110 valence electrons. The molecule has 3 rings (SSSR count). The molecule has 0 atom stereocenters. The summed E-state index contributed by atoms with van der Waals surface area (Å²) in [4.78, 5) is 19.5. The van der Waals surface area contributed by atoms with Gasteiger partial charge in [0.15, 0.2) is 0 Å². The van der Waals surface area contributed by atoms with Crippen molar-refractivity contribution in [1.82, 2.24) is 14.5 Å². The number of allylic oxidation sites excluding steroid dienone is 1. The van der Waals surface area contributed by atoms with E-state index in [0.717, 1.165) is 16.1 Å². The molecule has 2 aromatic heterocycles. The SMILES string of the molecule is O=C(O)c1cccc(C=C(Cn2ccnc2)c2nccs2)c1. The van der Waals surface area contributed by atoms with Crippen LogP contribution in [0.2, 0.25) is 0 Å². The first-order valence-corrected chi connectivity index (χ1v) is 7.50. The van der Waals surface area contributed by atoms with E-state index in [0.29, 0.717) is 6.54 Å². The number of hydrogen-bond donors (Lipinski definition) is 1. The van der Waals surface area contributed by atoms with Gasteiger partial charge in [-0.1, -0.05) is 12.1 Å². The molecule has 2 heterocycles. The van der Waals surface area contributed by atoms with Gasteiger partial charge in [0.05, 0.1) is 18.4 Å². The minimum atomic E-state index is -0.930. The zero-order chi connectivity index (χ0) is 15.4. The molecule has 0 saturated carbocycles. The van der Waals surface area contributed by atoms with Gasteiger partial charge < -0.3 is 9.67 Å². The number of carbonyl (C=O) groups is 1. The Bertz CT molecular complexity index is 793. The van der Waals surface area contributed by atoms with Crippen molar-refractivity contribution in [2.75, 3.05) is 0 Å². The fourth-order valence-electron chi connectivity index (χ4n) is 2.10. The molecule has 0 aliphatic carbocycles. The van der Waals surface area contributed by atoms with E-state index in [-0.39, 0.29) is 5.56 Å². The lowest BCUT2D eigenvalue weighted by atomic mass is 10.1. The highest BCUT2D eigenvalue weighted by atomic mass is 32.1. The molecule has 0 spiro atoms. The molecular formula is C16H13N3O2S. The number of aromatic nitrogens is 3. The van der Waals surface area contributed by atoms with E-state index in [4.69, 9.17) is 5.11 Å². The molecule has 3 aromatic rings. The molecule has 0 radical (unpaired) electrons. The van der Waals surface area contributed by atoms with Crippen LogP contribution in [0.4, 0.5) is 0 Å². The van der Waals surface area contributed by atoms with Gasteiger partial charge in [0.2, 0.25) is 0 Å². The topological polar surface area (TPSA) is 68.0 Å². The van der Waals surface area contributed by atoms with Gasteiger partial charge in [-0.05, 0) is 23.8 Å². The summed E-state index contributed by atoms with van der Waals surface area (Å²) in [5.41, 5.74) is 2.12. The predicted molar refractivity (Wildman–Crippen MR) is 85.6 cm³/mol. The first-order valence-electron chi connectivity index (χ1n) is 6.62. The van der Waals surface area contributed by atoms with E-state index >= 15 is 0 Å². The van der Waals surface area contributed by atoms with Crippen LogP contribution in [0.15, 0.2) is 54.6 Å². The van der Waals surface area contributed by atoms with Crippen molar-refractivity contribution < 1.29 is 9.90 Å². The summed E-state index contributed by atoms with van der Waals surface area (Å²) in [5, 5.41) is 11.9. The number of hydrogen-bond acceptors (Lipinski definition) is 4. The largest absolute Gasteiger partial charge is 0.478 e. The monoisotopic (exact) mass is 311 g/mol. The second-order valence-corrected chi connectivity index (χ2v) is 5.57. The van der Waals surface area contributed by atoms with Crippen LogP contribution < -0.4 is 0 Å². The Balaban J connectivity index is 1.98. The number of carboxylic acids is 1. The quantitative estimate of drug-likeness (QED) is 0.785. The third-order valence-electron chi connectivity index (χ3n) is 3.09. The van der Waals surface area contributed by atoms with Crippen LogP contribution in [0.5, 0.6) is 0 Å². The zero-order valence-electron chi connectivity index (χ0n) is 11.6. The second-order valence-electron chi connectivity index (χ2n) is 4.67. The van der Waals surface area contributed by atoms with E-state index in [9.17, 15) is 4.79 Å². The predicted octanol–water partition coefficient (Wildman–Crippen LogP) is 3.28. The highest BCUT2D eigenvalue weighted by Crippen LogP contribution is 2.22. The second kappa shape index (κ2) is 6.36. The first kappa shape index (κ1) is 14.2. The molecule has 0 aliphatic heterocycles. The molecule has 0 unspecified atom stereocenters. The number of carboxylic acid groups (broad SMARTS) is 1. The Morgan fingerprint density at radius 1 is 1.36 bits per heavy atom. The van der Waals surface area contributed by atoms with Gasteiger partial charge in [0.25, 0.3) is 0 Å². The maximum Gasteiger partial charge on any atom is 0.335 e. The summed E-state index contributed by atoms with van der Waals surface area (Å²) >= 11 is 1.55. The lowest BCUT2D eigenvalue weighted by Crippen LogP contribution is -1.99. The van der Waals surface area contributed by atoms with Gasteiger partial charge in [-0.2, -0.15) is 0 Å². The molecule has 22 heavy (non-hydrogen) atoms. The summed E-state index contributed by atoms with van der Waals surface area (Å²) in [6, 6.07) is 6.86. The third-order valence-corrected chi connectivity index (χ3v) is 3.94. The molecule has 1 N–H and O–H groups in total. The van der Waals surface area contributed by atoms with Crippen molar-refractivity contribution in [3.63, 3.8) is 0 Å². The molecule has 6 heteroatoms. The molecule has 0 aliphatic rings. The zero-order valence-corrected chi connectivity index (χ0v) is 12.4. The average Bonchev–Trinajstić information content (AvgIpc) is 3.20. The standard InChI is InChI=1S/C16H13N3O2S/c20-16(21)13-3-1-2-12(8-13)9-14(15-18-5-7-22-15)10-19-6-4-17-11-19/h1-9,11H,10H2,(H,20,21). The number of thiazole rings is 1. The van der Waals surface area contributed by atoms with Gasteiger partial charge in [0.1, 0.15) is 5.01 Å². The summed E-state index contributed by atoms with van der Waals surface area (Å²) in [6.45, 7) is 0.630. The van der Waals surface area contributed by atoms with Crippen LogP contribution in [0.1, 0.15) is 20.9 Å². The average molecular weight is 311 g/mol. The van der Waals surface area contributed by atoms with Gasteiger partial charge in [-0.3, -0.25) is 0 Å². The number of benzene rings is 1. The fraction of sp³-hybridized carbons (Fsp3) is 0.0625. The van der Waals surface area contributed by atoms with Gasteiger partial charge in [0, 0.05) is 29.5 Å². The van der Waals surface area contributed by atoms with Crippen LogP contribution in [0, 0.1) is 0 Å². The van der Waals surface area contributed by atoms with Crippen LogP contribution in [0.25, 0.3) is 11.6 Å². The lowest BCUT2D eigenvalue weighted by Gasteiger charge is -2.06. The van der Waals surface area contributed by atoms with Crippen molar-refractivity contribution in [2.24, 2.45) is 0 Å². The van der Waals surface area contributed by atoms with Gasteiger partial charge in [-0.25, -0.2) is 14.8 Å². The summed E-state index contributed by atoms with van der Waals surface area (Å²) < 4.78 is 1.95. The van der Waals surface area contributed by atoms with Crippen LogP contribution >= 0.6 is 11.3 Å². The van der Waals surface area contributed by atoms with E-state index in [1.807, 2.05) is 28.3 Å². The van der Waals surface area contributed by atoms with E-state index in [1.54, 1.807) is 48.3 Å². The number of imidazole rings is 1. The Labute approximate surface area is 131 Å². The minimum Gasteiger partial charge on any atom is -0.478 e. The number of rotatable bonds is 5. The number of aromatic carboxylic acids is 1. The lowest BCUT2D eigenvalue weighted by molar-refractivity contribution is 0.0697. The van der Waals surface area contributed by atoms with Crippen molar-refractivity contribution in [3.05, 3.63) is 70.7 Å². The maximum atomic E-state index is 11.1. The Hall–Kier alpha value is -2.73. The molecule has 0 saturated heterocycles. The smallest absolute Gasteiger partial charge is 0.335 e. The highest BCUT2D eigenvalue weighted by Gasteiger charge is 2.07. The molecule has 0 fully saturated rings. The van der Waals surface area contributed by atoms with Gasteiger partial charge in [-0.15, -0.1) is 11.3 Å². The third kappa shape index (κ3) is 3.29. The summed E-state index contributed by atoms with van der Waals surface area (Å²) in [7, 11) is 0. The summed E-state index contributed by atoms with van der Waals surface area (Å²) in [5.74, 6) is -0.930. The van der Waals surface area contributed by atoms with Crippen molar-refractivity contribution in [1.29, 1.82) is 0 Å². The Kier molecular flexibility index (Phi) is 4.11. The molecule has 0 bridgehead atoms. The van der Waals surface area contributed by atoms with Crippen molar-refractivity contribution in [2.45, 2.75) is 6.54 Å². The molecular weight excluding hydrogens is 298 g/mol. The van der Waals surface area contributed by atoms with Crippen LogP contribution in [-0.2, 0) is 6.54 Å².